The third kappa shape index (κ3) is 3.03. The van der Waals surface area contributed by atoms with E-state index in [1.807, 2.05) is 0 Å². The van der Waals surface area contributed by atoms with Gasteiger partial charge in [-0.3, -0.25) is 4.79 Å². The van der Waals surface area contributed by atoms with Gasteiger partial charge in [0.05, 0.1) is 28.8 Å². The average Bonchev–Trinajstić information content (AvgIpc) is 3.16. The maximum absolute atomic E-state index is 13.3. The van der Waals surface area contributed by atoms with Crippen LogP contribution in [0.4, 0.5) is 11.6 Å². The number of carbonyl (C=O) groups is 1. The number of nitrogens with zero attached hydrogens (tertiary/aromatic N) is 3. The van der Waals surface area contributed by atoms with Gasteiger partial charge in [-0.15, -0.1) is 0 Å². The Hall–Kier alpha value is -2.87. The van der Waals surface area contributed by atoms with Crippen molar-refractivity contribution >= 4 is 51.9 Å². The number of benzene rings is 2. The van der Waals surface area contributed by atoms with Crippen LogP contribution in [0.3, 0.4) is 0 Å². The summed E-state index contributed by atoms with van der Waals surface area (Å²) in [5.41, 5.74) is 6.17. The molecule has 1 saturated heterocycles. The van der Waals surface area contributed by atoms with Crippen molar-refractivity contribution in [2.24, 2.45) is 0 Å². The van der Waals surface area contributed by atoms with Crippen LogP contribution in [-0.4, -0.2) is 42.2 Å². The SMILES string of the molecule is C[C@H]1c2c1c1oc2c(C(=O)Nc2ccc(Cl)c(Cl)c2)c1-c1cnc(N2CCOCC2)nc1. The summed E-state index contributed by atoms with van der Waals surface area (Å²) in [5.74, 6) is 0.680. The summed E-state index contributed by atoms with van der Waals surface area (Å²) < 4.78 is 11.4. The number of aromatic nitrogens is 2. The highest BCUT2D eigenvalue weighted by Crippen LogP contribution is 2.58. The molecule has 0 radical (unpaired) electrons. The van der Waals surface area contributed by atoms with Crippen LogP contribution < -0.4 is 10.2 Å². The van der Waals surface area contributed by atoms with Crippen LogP contribution in [-0.2, 0) is 4.74 Å². The Morgan fingerprint density at radius 2 is 1.81 bits per heavy atom. The van der Waals surface area contributed by atoms with Gasteiger partial charge < -0.3 is 19.4 Å². The quantitative estimate of drug-likeness (QED) is 0.443. The number of anilines is 2. The van der Waals surface area contributed by atoms with E-state index >= 15 is 0 Å². The molecule has 32 heavy (non-hydrogen) atoms. The first-order chi connectivity index (χ1) is 15.5. The number of halogens is 2. The third-order valence-electron chi connectivity index (χ3n) is 6.10. The number of hydrogen-bond acceptors (Lipinski definition) is 6. The predicted octanol–water partition coefficient (Wildman–Crippen LogP) is 5.19. The Morgan fingerprint density at radius 1 is 1.09 bits per heavy atom. The molecule has 0 saturated carbocycles. The lowest BCUT2D eigenvalue weighted by atomic mass is 10.0. The summed E-state index contributed by atoms with van der Waals surface area (Å²) in [6.45, 7) is 4.95. The molecule has 1 fully saturated rings. The smallest absolute Gasteiger partial charge is 0.260 e. The summed E-state index contributed by atoms with van der Waals surface area (Å²) in [5, 5.41) is 3.71. The van der Waals surface area contributed by atoms with Crippen molar-refractivity contribution in [1.82, 2.24) is 9.97 Å². The lowest BCUT2D eigenvalue weighted by molar-refractivity contribution is 0.102. The first-order valence-corrected chi connectivity index (χ1v) is 11.1. The van der Waals surface area contributed by atoms with Gasteiger partial charge in [-0.25, -0.2) is 9.97 Å². The molecule has 2 aliphatic rings. The van der Waals surface area contributed by atoms with Gasteiger partial charge in [0, 0.05) is 59.3 Å². The minimum atomic E-state index is -0.272. The zero-order chi connectivity index (χ0) is 22.0. The topological polar surface area (TPSA) is 80.5 Å². The van der Waals surface area contributed by atoms with E-state index in [2.05, 4.69) is 27.1 Å². The van der Waals surface area contributed by atoms with E-state index < -0.39 is 0 Å². The molecule has 4 aromatic rings. The van der Waals surface area contributed by atoms with E-state index in [1.54, 1.807) is 30.6 Å². The number of nitrogens with one attached hydrogen (secondary N) is 1. The Balaban J connectivity index is 1.37. The van der Waals surface area contributed by atoms with Crippen LogP contribution in [0.1, 0.15) is 34.3 Å². The van der Waals surface area contributed by atoms with Crippen molar-refractivity contribution in [3.8, 4) is 11.1 Å². The Labute approximate surface area is 193 Å². The fraction of sp³-hybridized carbons (Fsp3) is 0.261. The molecule has 7 nitrogen and oxygen atoms in total. The first-order valence-electron chi connectivity index (χ1n) is 10.4. The molecule has 1 aliphatic carbocycles. The molecule has 162 valence electrons. The van der Waals surface area contributed by atoms with E-state index in [0.717, 1.165) is 35.4 Å². The molecule has 1 aromatic carbocycles. The zero-order valence-electron chi connectivity index (χ0n) is 17.1. The van der Waals surface area contributed by atoms with Crippen molar-refractivity contribution in [2.45, 2.75) is 12.8 Å². The van der Waals surface area contributed by atoms with Crippen molar-refractivity contribution in [2.75, 3.05) is 36.5 Å². The second kappa shape index (κ2) is 7.33. The highest BCUT2D eigenvalue weighted by atomic mass is 35.5. The van der Waals surface area contributed by atoms with Gasteiger partial charge in [-0.1, -0.05) is 30.1 Å². The minimum absolute atomic E-state index is 0.272. The van der Waals surface area contributed by atoms with E-state index in [9.17, 15) is 4.79 Å². The zero-order valence-corrected chi connectivity index (χ0v) is 18.6. The van der Waals surface area contributed by atoms with Crippen molar-refractivity contribution in [1.29, 1.82) is 0 Å². The Kier molecular flexibility index (Phi) is 4.54. The fourth-order valence-corrected chi connectivity index (χ4v) is 4.72. The lowest BCUT2D eigenvalue weighted by Gasteiger charge is -2.26. The number of fused-ring (bicyclic) bond motifs is 5. The number of ether oxygens (including phenoxy) is 1. The lowest BCUT2D eigenvalue weighted by Crippen LogP contribution is -2.37. The van der Waals surface area contributed by atoms with E-state index in [1.165, 1.54) is 5.56 Å². The molecule has 9 heteroatoms. The molecule has 3 aromatic heterocycles. The maximum atomic E-state index is 13.3. The molecular formula is C23H18Cl2N4O3. The van der Waals surface area contributed by atoms with Crippen LogP contribution in [0.25, 0.3) is 22.3 Å². The molecule has 0 spiro atoms. The normalized spacial score (nSPS) is 17.6. The molecule has 6 rings (SSSR count). The van der Waals surface area contributed by atoms with Crippen LogP contribution in [0.2, 0.25) is 10.0 Å². The standard InChI is InChI=1S/C23H18Cl2N4O3/c1-11-16-17(11)21-19(22(30)28-13-2-3-14(24)15(25)8-13)18(20(16)32-21)12-9-26-23(27-10-12)29-4-6-31-7-5-29/h2-3,8-11H,4-7H2,1H3,(H,28,30)/t11-/m1/s1. The van der Waals surface area contributed by atoms with Gasteiger partial charge in [-0.2, -0.15) is 0 Å². The Morgan fingerprint density at radius 3 is 2.53 bits per heavy atom. The van der Waals surface area contributed by atoms with E-state index in [0.29, 0.717) is 52.0 Å². The summed E-state index contributed by atoms with van der Waals surface area (Å²) >= 11 is 12.1. The van der Waals surface area contributed by atoms with Crippen molar-refractivity contribution < 1.29 is 13.9 Å². The number of rotatable bonds is 4. The number of morpholine rings is 1. The molecule has 1 aliphatic heterocycles. The van der Waals surface area contributed by atoms with Crippen molar-refractivity contribution in [3.05, 3.63) is 57.3 Å². The first kappa shape index (κ1) is 19.8. The summed E-state index contributed by atoms with van der Waals surface area (Å²) in [4.78, 5) is 24.5. The van der Waals surface area contributed by atoms with Crippen LogP contribution in [0.5, 0.6) is 0 Å². The predicted molar refractivity (Wildman–Crippen MR) is 123 cm³/mol. The Bertz CT molecular complexity index is 1350. The third-order valence-corrected chi connectivity index (χ3v) is 6.83. The fourth-order valence-electron chi connectivity index (χ4n) is 4.42. The van der Waals surface area contributed by atoms with Gasteiger partial charge in [0.1, 0.15) is 11.2 Å². The summed E-state index contributed by atoms with van der Waals surface area (Å²) in [6.07, 6.45) is 3.51. The van der Waals surface area contributed by atoms with E-state index in [-0.39, 0.29) is 5.91 Å². The summed E-state index contributed by atoms with van der Waals surface area (Å²) in [7, 11) is 0. The maximum Gasteiger partial charge on any atom is 0.260 e. The average molecular weight is 469 g/mol. The molecule has 1 atom stereocenters. The molecule has 0 unspecified atom stereocenters. The van der Waals surface area contributed by atoms with Crippen molar-refractivity contribution in [3.63, 3.8) is 0 Å². The molecule has 1 N–H and O–H groups in total. The minimum Gasteiger partial charge on any atom is -0.455 e. The number of amides is 1. The van der Waals surface area contributed by atoms with Gasteiger partial charge in [-0.05, 0) is 18.2 Å². The second-order valence-electron chi connectivity index (χ2n) is 8.01. The van der Waals surface area contributed by atoms with Crippen LogP contribution in [0, 0.1) is 0 Å². The summed E-state index contributed by atoms with van der Waals surface area (Å²) in [6, 6.07) is 4.98. The largest absolute Gasteiger partial charge is 0.455 e. The number of furan rings is 2. The molecule has 2 bridgehead atoms. The highest BCUT2D eigenvalue weighted by molar-refractivity contribution is 6.42. The monoisotopic (exact) mass is 468 g/mol. The van der Waals surface area contributed by atoms with E-state index in [4.69, 9.17) is 32.4 Å². The molecule has 1 amide bonds. The highest BCUT2D eigenvalue weighted by Gasteiger charge is 2.44. The molecular weight excluding hydrogens is 451 g/mol. The molecule has 4 heterocycles. The van der Waals surface area contributed by atoms with Gasteiger partial charge in [0.2, 0.25) is 5.95 Å². The van der Waals surface area contributed by atoms with Gasteiger partial charge in [0.15, 0.2) is 0 Å². The van der Waals surface area contributed by atoms with Crippen LogP contribution in [0.15, 0.2) is 35.0 Å². The number of hydrogen-bond donors (Lipinski definition) is 1. The van der Waals surface area contributed by atoms with Crippen LogP contribution >= 0.6 is 23.2 Å². The second-order valence-corrected chi connectivity index (χ2v) is 8.83. The number of carbonyl (C=O) groups excluding carboxylic acids is 1. The van der Waals surface area contributed by atoms with Gasteiger partial charge >= 0.3 is 0 Å². The van der Waals surface area contributed by atoms with Gasteiger partial charge in [0.25, 0.3) is 5.91 Å².